The maximum Gasteiger partial charge on any atom is 0.291 e. The molecule has 3 aromatic rings. The minimum absolute atomic E-state index is 0.0811. The summed E-state index contributed by atoms with van der Waals surface area (Å²) in [6.45, 7) is 0.527. The van der Waals surface area contributed by atoms with Crippen LogP contribution in [0, 0.1) is 0 Å². The minimum atomic E-state index is -0.335. The molecule has 0 spiro atoms. The second-order valence-corrected chi connectivity index (χ2v) is 7.57. The lowest BCUT2D eigenvalue weighted by atomic mass is 10.2. The summed E-state index contributed by atoms with van der Waals surface area (Å²) in [4.78, 5) is 28.0. The number of furan rings is 1. The van der Waals surface area contributed by atoms with Gasteiger partial charge in [0.1, 0.15) is 0 Å². The Morgan fingerprint density at radius 3 is 2.58 bits per heavy atom. The summed E-state index contributed by atoms with van der Waals surface area (Å²) in [7, 11) is 1.77. The van der Waals surface area contributed by atoms with Gasteiger partial charge in [-0.2, -0.15) is 0 Å². The Balaban J connectivity index is 1.62. The van der Waals surface area contributed by atoms with Crippen LogP contribution in [0.5, 0.6) is 0 Å². The number of nitrogens with zero attached hydrogens (tertiary/aromatic N) is 1. The van der Waals surface area contributed by atoms with Crippen LogP contribution < -0.4 is 5.32 Å². The molecule has 0 aliphatic heterocycles. The number of carbonyl (C=O) groups is 2. The van der Waals surface area contributed by atoms with Gasteiger partial charge in [0.05, 0.1) is 16.1 Å². The second-order valence-electron chi connectivity index (χ2n) is 5.60. The molecule has 2 aromatic heterocycles. The standard InChI is InChI=1S/C19H18N2O3S2/c1-21(12-13-5-7-14(25-2)8-6-13)19(23)16-9-10-17(26-16)20-18(22)15-4-3-11-24-15/h3-11H,12H2,1-2H3,(H,20,22). The zero-order valence-electron chi connectivity index (χ0n) is 14.4. The van der Waals surface area contributed by atoms with Crippen molar-refractivity contribution in [2.45, 2.75) is 11.4 Å². The Morgan fingerprint density at radius 1 is 1.15 bits per heavy atom. The first-order chi connectivity index (χ1) is 12.6. The number of rotatable bonds is 6. The first kappa shape index (κ1) is 18.3. The normalized spacial score (nSPS) is 10.5. The third-order valence-corrected chi connectivity index (χ3v) is 5.46. The van der Waals surface area contributed by atoms with E-state index in [4.69, 9.17) is 4.42 Å². The van der Waals surface area contributed by atoms with E-state index in [0.29, 0.717) is 16.4 Å². The Bertz CT molecular complexity index is 886. The van der Waals surface area contributed by atoms with E-state index in [9.17, 15) is 9.59 Å². The van der Waals surface area contributed by atoms with Crippen LogP contribution in [0.2, 0.25) is 0 Å². The molecule has 2 amide bonds. The molecule has 0 aliphatic rings. The maximum absolute atomic E-state index is 12.6. The van der Waals surface area contributed by atoms with Crippen molar-refractivity contribution in [3.8, 4) is 0 Å². The van der Waals surface area contributed by atoms with E-state index in [1.807, 2.05) is 30.5 Å². The number of carbonyl (C=O) groups excluding carboxylic acids is 2. The Labute approximate surface area is 160 Å². The van der Waals surface area contributed by atoms with Gasteiger partial charge in [-0.05, 0) is 48.2 Å². The molecule has 5 nitrogen and oxygen atoms in total. The van der Waals surface area contributed by atoms with E-state index < -0.39 is 0 Å². The number of amides is 2. The fourth-order valence-electron chi connectivity index (χ4n) is 2.37. The van der Waals surface area contributed by atoms with Crippen molar-refractivity contribution in [1.82, 2.24) is 4.90 Å². The van der Waals surface area contributed by atoms with Crippen LogP contribution in [0.25, 0.3) is 0 Å². The molecule has 0 atom stereocenters. The van der Waals surface area contributed by atoms with Gasteiger partial charge in [0.15, 0.2) is 5.76 Å². The van der Waals surface area contributed by atoms with Gasteiger partial charge in [-0.15, -0.1) is 23.1 Å². The third kappa shape index (κ3) is 4.36. The smallest absolute Gasteiger partial charge is 0.291 e. The molecule has 2 heterocycles. The van der Waals surface area contributed by atoms with Crippen molar-refractivity contribution in [2.24, 2.45) is 0 Å². The highest BCUT2D eigenvalue weighted by molar-refractivity contribution is 7.98. The molecule has 0 radical (unpaired) electrons. The first-order valence-corrected chi connectivity index (χ1v) is 9.94. The number of hydrogen-bond acceptors (Lipinski definition) is 5. The average molecular weight is 386 g/mol. The molecule has 0 fully saturated rings. The summed E-state index contributed by atoms with van der Waals surface area (Å²) in [5, 5.41) is 3.34. The van der Waals surface area contributed by atoms with E-state index in [0.717, 1.165) is 5.56 Å². The van der Waals surface area contributed by atoms with E-state index in [1.54, 1.807) is 48.0 Å². The number of thiophene rings is 1. The zero-order valence-corrected chi connectivity index (χ0v) is 16.0. The van der Waals surface area contributed by atoms with Gasteiger partial charge < -0.3 is 14.6 Å². The van der Waals surface area contributed by atoms with Gasteiger partial charge in [-0.3, -0.25) is 9.59 Å². The number of hydrogen-bond donors (Lipinski definition) is 1. The Hall–Kier alpha value is -2.51. The monoisotopic (exact) mass is 386 g/mol. The topological polar surface area (TPSA) is 62.6 Å². The molecule has 7 heteroatoms. The van der Waals surface area contributed by atoms with Crippen LogP contribution in [0.3, 0.4) is 0 Å². The largest absolute Gasteiger partial charge is 0.459 e. The quantitative estimate of drug-likeness (QED) is 0.630. The molecule has 0 unspecified atom stereocenters. The van der Waals surface area contributed by atoms with Crippen molar-refractivity contribution in [2.75, 3.05) is 18.6 Å². The number of thioether (sulfide) groups is 1. The Kier molecular flexibility index (Phi) is 5.80. The van der Waals surface area contributed by atoms with Gasteiger partial charge in [0.2, 0.25) is 0 Å². The van der Waals surface area contributed by atoms with E-state index >= 15 is 0 Å². The summed E-state index contributed by atoms with van der Waals surface area (Å²) < 4.78 is 5.06. The highest BCUT2D eigenvalue weighted by Gasteiger charge is 2.16. The molecule has 0 bridgehead atoms. The van der Waals surface area contributed by atoms with Crippen LogP contribution in [0.4, 0.5) is 5.00 Å². The SMILES string of the molecule is CSc1ccc(CN(C)C(=O)c2ccc(NC(=O)c3ccco3)s2)cc1. The number of anilines is 1. The fraction of sp³-hybridized carbons (Fsp3) is 0.158. The summed E-state index contributed by atoms with van der Waals surface area (Å²) in [6.07, 6.45) is 3.47. The Morgan fingerprint density at radius 2 is 1.92 bits per heavy atom. The van der Waals surface area contributed by atoms with Gasteiger partial charge in [0.25, 0.3) is 11.8 Å². The fourth-order valence-corrected chi connectivity index (χ4v) is 3.67. The molecule has 0 saturated carbocycles. The number of benzene rings is 1. The molecule has 134 valence electrons. The highest BCUT2D eigenvalue weighted by atomic mass is 32.2. The lowest BCUT2D eigenvalue weighted by Gasteiger charge is -2.16. The molecule has 0 saturated heterocycles. The van der Waals surface area contributed by atoms with Gasteiger partial charge in [-0.25, -0.2) is 0 Å². The third-order valence-electron chi connectivity index (χ3n) is 3.72. The van der Waals surface area contributed by atoms with Crippen LogP contribution in [0.1, 0.15) is 25.8 Å². The highest BCUT2D eigenvalue weighted by Crippen LogP contribution is 2.24. The van der Waals surface area contributed by atoms with Gasteiger partial charge >= 0.3 is 0 Å². The van der Waals surface area contributed by atoms with Gasteiger partial charge in [0, 0.05) is 18.5 Å². The van der Waals surface area contributed by atoms with Crippen molar-refractivity contribution < 1.29 is 14.0 Å². The number of nitrogens with one attached hydrogen (secondary N) is 1. The summed E-state index contributed by atoms with van der Waals surface area (Å²) in [6, 6.07) is 14.8. The molecular weight excluding hydrogens is 368 g/mol. The molecule has 1 aromatic carbocycles. The average Bonchev–Trinajstić information content (AvgIpc) is 3.33. The predicted octanol–water partition coefficient (Wildman–Crippen LogP) is 4.59. The van der Waals surface area contributed by atoms with E-state index in [1.165, 1.54) is 22.5 Å². The predicted molar refractivity (Wildman–Crippen MR) is 105 cm³/mol. The van der Waals surface area contributed by atoms with Crippen LogP contribution in [-0.2, 0) is 6.54 Å². The van der Waals surface area contributed by atoms with Crippen molar-refractivity contribution in [3.05, 3.63) is 71.0 Å². The summed E-state index contributed by atoms with van der Waals surface area (Å²) >= 11 is 2.93. The lowest BCUT2D eigenvalue weighted by molar-refractivity contribution is 0.0789. The lowest BCUT2D eigenvalue weighted by Crippen LogP contribution is -2.25. The maximum atomic E-state index is 12.6. The minimum Gasteiger partial charge on any atom is -0.459 e. The van der Waals surface area contributed by atoms with E-state index in [-0.39, 0.29) is 17.6 Å². The first-order valence-electron chi connectivity index (χ1n) is 7.90. The molecular formula is C19H18N2O3S2. The van der Waals surface area contributed by atoms with Crippen LogP contribution in [0.15, 0.2) is 64.1 Å². The second kappa shape index (κ2) is 8.25. The van der Waals surface area contributed by atoms with Crippen LogP contribution in [-0.4, -0.2) is 30.0 Å². The molecule has 1 N–H and O–H groups in total. The van der Waals surface area contributed by atoms with Gasteiger partial charge in [-0.1, -0.05) is 12.1 Å². The molecule has 3 rings (SSSR count). The van der Waals surface area contributed by atoms with Crippen molar-refractivity contribution >= 4 is 39.9 Å². The summed E-state index contributed by atoms with van der Waals surface area (Å²) in [5.41, 5.74) is 1.07. The molecule has 0 aliphatic carbocycles. The molecule has 26 heavy (non-hydrogen) atoms. The van der Waals surface area contributed by atoms with E-state index in [2.05, 4.69) is 5.32 Å². The summed E-state index contributed by atoms with van der Waals surface area (Å²) in [5.74, 6) is -0.183. The van der Waals surface area contributed by atoms with Crippen molar-refractivity contribution in [1.29, 1.82) is 0 Å². The van der Waals surface area contributed by atoms with Crippen molar-refractivity contribution in [3.63, 3.8) is 0 Å². The van der Waals surface area contributed by atoms with Crippen LogP contribution >= 0.6 is 23.1 Å². The zero-order chi connectivity index (χ0) is 18.5.